The van der Waals surface area contributed by atoms with E-state index < -0.39 is 0 Å². The summed E-state index contributed by atoms with van der Waals surface area (Å²) in [5, 5.41) is 3.04. The van der Waals surface area contributed by atoms with E-state index in [-0.39, 0.29) is 11.8 Å². The second-order valence-electron chi connectivity index (χ2n) is 7.56. The van der Waals surface area contributed by atoms with Crippen molar-refractivity contribution in [3.05, 3.63) is 36.7 Å². The van der Waals surface area contributed by atoms with Crippen molar-refractivity contribution in [2.45, 2.75) is 26.7 Å². The highest BCUT2D eigenvalue weighted by Gasteiger charge is 2.27. The summed E-state index contributed by atoms with van der Waals surface area (Å²) in [6, 6.07) is 7.30. The number of methoxy groups -OCH3 is 1. The van der Waals surface area contributed by atoms with Crippen LogP contribution in [0.15, 0.2) is 36.7 Å². The maximum Gasteiger partial charge on any atom is 0.229 e. The van der Waals surface area contributed by atoms with Gasteiger partial charge in [-0.2, -0.15) is 0 Å². The quantitative estimate of drug-likeness (QED) is 0.624. The SMILES string of the molecule is CCN(CC)CCOc1cc(NC(=O)C2CCCN(c3ncccn3)C2)ccc1OC. The van der Waals surface area contributed by atoms with E-state index in [4.69, 9.17) is 9.47 Å². The molecule has 0 aliphatic carbocycles. The van der Waals surface area contributed by atoms with Crippen LogP contribution in [0.5, 0.6) is 11.5 Å². The van der Waals surface area contributed by atoms with Gasteiger partial charge in [-0.05, 0) is 44.1 Å². The summed E-state index contributed by atoms with van der Waals surface area (Å²) in [6.07, 6.45) is 5.23. The number of aromatic nitrogens is 2. The highest BCUT2D eigenvalue weighted by Crippen LogP contribution is 2.31. The molecular formula is C23H33N5O3. The lowest BCUT2D eigenvalue weighted by atomic mass is 9.97. The summed E-state index contributed by atoms with van der Waals surface area (Å²) in [5.41, 5.74) is 0.705. The first-order valence-corrected chi connectivity index (χ1v) is 11.0. The molecule has 1 aliphatic rings. The Bertz CT molecular complexity index is 829. The van der Waals surface area contributed by atoms with E-state index >= 15 is 0 Å². The number of nitrogens with zero attached hydrogens (tertiary/aromatic N) is 4. The van der Waals surface area contributed by atoms with Gasteiger partial charge in [0.25, 0.3) is 0 Å². The molecule has 1 unspecified atom stereocenters. The number of likely N-dealkylation sites (N-methyl/N-ethyl adjacent to an activating group) is 1. The van der Waals surface area contributed by atoms with E-state index in [1.165, 1.54) is 0 Å². The average Bonchev–Trinajstić information content (AvgIpc) is 2.82. The number of nitrogens with one attached hydrogen (secondary N) is 1. The zero-order valence-electron chi connectivity index (χ0n) is 18.7. The normalized spacial score (nSPS) is 16.3. The number of carbonyl (C=O) groups is 1. The monoisotopic (exact) mass is 427 g/mol. The number of benzene rings is 1. The third-order valence-corrected chi connectivity index (χ3v) is 5.62. The van der Waals surface area contributed by atoms with Crippen LogP contribution in [0.3, 0.4) is 0 Å². The fourth-order valence-corrected chi connectivity index (χ4v) is 3.76. The Kier molecular flexibility index (Phi) is 8.46. The lowest BCUT2D eigenvalue weighted by Crippen LogP contribution is -2.41. The molecule has 8 heteroatoms. The average molecular weight is 428 g/mol. The lowest BCUT2D eigenvalue weighted by Gasteiger charge is -2.31. The highest BCUT2D eigenvalue weighted by atomic mass is 16.5. The van der Waals surface area contributed by atoms with E-state index in [9.17, 15) is 4.79 Å². The van der Waals surface area contributed by atoms with Crippen LogP contribution in [0.2, 0.25) is 0 Å². The second kappa shape index (κ2) is 11.5. The summed E-state index contributed by atoms with van der Waals surface area (Å²) in [6.45, 7) is 9.11. The van der Waals surface area contributed by atoms with Gasteiger partial charge >= 0.3 is 0 Å². The molecule has 1 amide bonds. The first-order valence-electron chi connectivity index (χ1n) is 11.0. The first kappa shape index (κ1) is 22.8. The number of amides is 1. The van der Waals surface area contributed by atoms with Crippen LogP contribution >= 0.6 is 0 Å². The van der Waals surface area contributed by atoms with Gasteiger partial charge in [0, 0.05) is 43.8 Å². The summed E-state index contributed by atoms with van der Waals surface area (Å²) >= 11 is 0. The van der Waals surface area contributed by atoms with Gasteiger partial charge in [0.05, 0.1) is 13.0 Å². The topological polar surface area (TPSA) is 79.8 Å². The maximum atomic E-state index is 12.9. The zero-order valence-corrected chi connectivity index (χ0v) is 18.7. The van der Waals surface area contributed by atoms with Crippen molar-refractivity contribution < 1.29 is 14.3 Å². The number of hydrogen-bond acceptors (Lipinski definition) is 7. The van der Waals surface area contributed by atoms with E-state index in [0.29, 0.717) is 36.3 Å². The van der Waals surface area contributed by atoms with Gasteiger partial charge in [0.1, 0.15) is 6.61 Å². The Morgan fingerprint density at radius 3 is 2.71 bits per heavy atom. The molecular weight excluding hydrogens is 394 g/mol. The van der Waals surface area contributed by atoms with Crippen LogP contribution in [-0.2, 0) is 4.79 Å². The Morgan fingerprint density at radius 1 is 1.23 bits per heavy atom. The molecule has 31 heavy (non-hydrogen) atoms. The summed E-state index contributed by atoms with van der Waals surface area (Å²) < 4.78 is 11.4. The van der Waals surface area contributed by atoms with Gasteiger partial charge in [-0.3, -0.25) is 4.79 Å². The first-order chi connectivity index (χ1) is 15.1. The van der Waals surface area contributed by atoms with Gasteiger partial charge in [0.15, 0.2) is 11.5 Å². The Labute approximate surface area is 184 Å². The van der Waals surface area contributed by atoms with Crippen molar-refractivity contribution >= 4 is 17.5 Å². The van der Waals surface area contributed by atoms with Gasteiger partial charge in [0.2, 0.25) is 11.9 Å². The Hall–Kier alpha value is -2.87. The number of piperidine rings is 1. The predicted molar refractivity (Wildman–Crippen MR) is 122 cm³/mol. The molecule has 2 heterocycles. The standard InChI is InChI=1S/C23H33N5O3/c1-4-27(5-2)14-15-31-21-16-19(9-10-20(21)30-3)26-22(29)18-8-6-13-28(17-18)23-24-11-7-12-25-23/h7,9-12,16,18H,4-6,8,13-15,17H2,1-3H3,(H,26,29). The third-order valence-electron chi connectivity index (χ3n) is 5.62. The largest absolute Gasteiger partial charge is 0.493 e. The van der Waals surface area contributed by atoms with Gasteiger partial charge in [-0.15, -0.1) is 0 Å². The Morgan fingerprint density at radius 2 is 2.00 bits per heavy atom. The van der Waals surface area contributed by atoms with Crippen LogP contribution < -0.4 is 19.7 Å². The van der Waals surface area contributed by atoms with Crippen molar-refractivity contribution in [1.29, 1.82) is 0 Å². The molecule has 2 aromatic rings. The van der Waals surface area contributed by atoms with Crippen molar-refractivity contribution in [2.75, 3.05) is 56.7 Å². The fourth-order valence-electron chi connectivity index (χ4n) is 3.76. The number of anilines is 2. The molecule has 3 rings (SSSR count). The van der Waals surface area contributed by atoms with E-state index in [1.54, 1.807) is 25.6 Å². The molecule has 1 fully saturated rings. The molecule has 1 aromatic carbocycles. The number of ether oxygens (including phenoxy) is 2. The van der Waals surface area contributed by atoms with E-state index in [0.717, 1.165) is 39.0 Å². The molecule has 1 N–H and O–H groups in total. The van der Waals surface area contributed by atoms with Crippen molar-refractivity contribution in [1.82, 2.24) is 14.9 Å². The van der Waals surface area contributed by atoms with Gasteiger partial charge in [-0.25, -0.2) is 9.97 Å². The Balaban J connectivity index is 1.61. The smallest absolute Gasteiger partial charge is 0.229 e. The van der Waals surface area contributed by atoms with E-state index in [2.05, 4.69) is 38.9 Å². The number of rotatable bonds is 10. The summed E-state index contributed by atoms with van der Waals surface area (Å²) in [5.74, 6) is 1.85. The minimum Gasteiger partial charge on any atom is -0.493 e. The number of carbonyl (C=O) groups excluding carboxylic acids is 1. The number of hydrogen-bond donors (Lipinski definition) is 1. The molecule has 0 radical (unpaired) electrons. The fraction of sp³-hybridized carbons (Fsp3) is 0.522. The molecule has 1 aliphatic heterocycles. The van der Waals surface area contributed by atoms with Crippen LogP contribution in [0.4, 0.5) is 11.6 Å². The lowest BCUT2D eigenvalue weighted by molar-refractivity contribution is -0.120. The third kappa shape index (κ3) is 6.30. The van der Waals surface area contributed by atoms with Crippen molar-refractivity contribution in [2.24, 2.45) is 5.92 Å². The van der Waals surface area contributed by atoms with Crippen LogP contribution in [0, 0.1) is 5.92 Å². The second-order valence-corrected chi connectivity index (χ2v) is 7.56. The maximum absolute atomic E-state index is 12.9. The molecule has 1 saturated heterocycles. The molecule has 168 valence electrons. The van der Waals surface area contributed by atoms with Gasteiger partial charge in [-0.1, -0.05) is 13.8 Å². The highest BCUT2D eigenvalue weighted by molar-refractivity contribution is 5.93. The van der Waals surface area contributed by atoms with Crippen molar-refractivity contribution in [3.63, 3.8) is 0 Å². The molecule has 0 bridgehead atoms. The van der Waals surface area contributed by atoms with Crippen molar-refractivity contribution in [3.8, 4) is 11.5 Å². The van der Waals surface area contributed by atoms with Crippen LogP contribution in [-0.4, -0.2) is 67.2 Å². The van der Waals surface area contributed by atoms with Crippen LogP contribution in [0.1, 0.15) is 26.7 Å². The summed E-state index contributed by atoms with van der Waals surface area (Å²) in [4.78, 5) is 25.9. The molecule has 0 spiro atoms. The summed E-state index contributed by atoms with van der Waals surface area (Å²) in [7, 11) is 1.62. The predicted octanol–water partition coefficient (Wildman–Crippen LogP) is 3.06. The molecule has 0 saturated carbocycles. The molecule has 8 nitrogen and oxygen atoms in total. The molecule has 1 atom stereocenters. The zero-order chi connectivity index (χ0) is 22.1. The van der Waals surface area contributed by atoms with Crippen LogP contribution in [0.25, 0.3) is 0 Å². The van der Waals surface area contributed by atoms with E-state index in [1.807, 2.05) is 18.2 Å². The van der Waals surface area contributed by atoms with Gasteiger partial charge < -0.3 is 24.6 Å². The molecule has 1 aromatic heterocycles. The minimum atomic E-state index is -0.119. The minimum absolute atomic E-state index is 0.000103.